The predicted molar refractivity (Wildman–Crippen MR) is 324 cm³/mol. The van der Waals surface area contributed by atoms with Crippen molar-refractivity contribution < 1.29 is 24.2 Å². The molecule has 0 aromatic heterocycles. The van der Waals surface area contributed by atoms with Crippen molar-refractivity contribution in [2.24, 2.45) is 0 Å². The average Bonchev–Trinajstić information content (AvgIpc) is 3.40. The van der Waals surface area contributed by atoms with Crippen molar-refractivity contribution >= 4 is 11.9 Å². The van der Waals surface area contributed by atoms with Gasteiger partial charge in [0.25, 0.3) is 0 Å². The second-order valence-corrected chi connectivity index (χ2v) is 19.3. The Labute approximate surface area is 456 Å². The Morgan fingerprint density at radius 3 is 0.824 bits per heavy atom. The molecule has 0 saturated heterocycles. The van der Waals surface area contributed by atoms with E-state index in [-0.39, 0.29) is 25.2 Å². The molecule has 0 saturated carbocycles. The molecule has 1 atom stereocenters. The van der Waals surface area contributed by atoms with E-state index in [1.165, 1.54) is 89.9 Å². The topological polar surface area (TPSA) is 72.8 Å². The first-order valence-corrected chi connectivity index (χ1v) is 30.0. The predicted octanol–water partition coefficient (Wildman–Crippen LogP) is 20.7. The minimum absolute atomic E-state index is 0.0886. The van der Waals surface area contributed by atoms with Crippen molar-refractivity contribution in [1.82, 2.24) is 0 Å². The van der Waals surface area contributed by atoms with Crippen LogP contribution in [-0.4, -0.2) is 36.4 Å². The highest BCUT2D eigenvalue weighted by molar-refractivity contribution is 5.70. The Bertz CT molecular complexity index is 1620. The molecule has 0 aliphatic heterocycles. The van der Waals surface area contributed by atoms with Gasteiger partial charge in [0.1, 0.15) is 6.61 Å². The minimum Gasteiger partial charge on any atom is -0.462 e. The number of aliphatic hydroxyl groups is 1. The van der Waals surface area contributed by atoms with Crippen LogP contribution < -0.4 is 0 Å². The fraction of sp³-hybridized carbons (Fsp3) is 0.594. The van der Waals surface area contributed by atoms with E-state index < -0.39 is 6.10 Å². The first-order chi connectivity index (χ1) is 36.6. The number of carbonyl (C=O) groups excluding carboxylic acids is 2. The number of aliphatic hydroxyl groups excluding tert-OH is 1. The van der Waals surface area contributed by atoms with E-state index in [1.54, 1.807) is 0 Å². The van der Waals surface area contributed by atoms with Crippen LogP contribution in [0.4, 0.5) is 0 Å². The highest BCUT2D eigenvalue weighted by Gasteiger charge is 2.16. The van der Waals surface area contributed by atoms with Crippen molar-refractivity contribution in [1.29, 1.82) is 0 Å². The fourth-order valence-corrected chi connectivity index (χ4v) is 7.89. The number of carbonyl (C=O) groups is 2. The molecule has 1 N–H and O–H groups in total. The summed E-state index contributed by atoms with van der Waals surface area (Å²) in [5.41, 5.74) is 0. The lowest BCUT2D eigenvalue weighted by Crippen LogP contribution is -2.28. The summed E-state index contributed by atoms with van der Waals surface area (Å²) in [5.74, 6) is -0.636. The van der Waals surface area contributed by atoms with E-state index >= 15 is 0 Å². The molecule has 5 heteroatoms. The van der Waals surface area contributed by atoms with Gasteiger partial charge in [-0.1, -0.05) is 268 Å². The molecule has 0 aliphatic rings. The quantitative estimate of drug-likeness (QED) is 0.0373. The van der Waals surface area contributed by atoms with E-state index in [0.29, 0.717) is 12.8 Å². The van der Waals surface area contributed by atoms with E-state index in [9.17, 15) is 14.7 Å². The first-order valence-electron chi connectivity index (χ1n) is 30.0. The number of rotatable bonds is 53. The molecule has 0 radical (unpaired) electrons. The lowest BCUT2D eigenvalue weighted by Gasteiger charge is -2.15. The highest BCUT2D eigenvalue weighted by Crippen LogP contribution is 2.15. The molecule has 0 aromatic carbocycles. The van der Waals surface area contributed by atoms with E-state index in [1.807, 2.05) is 0 Å². The Morgan fingerprint density at radius 2 is 0.541 bits per heavy atom. The molecule has 0 fully saturated rings. The molecule has 0 bridgehead atoms. The average molecular weight is 1020 g/mol. The van der Waals surface area contributed by atoms with Gasteiger partial charge in [0.15, 0.2) is 6.10 Å². The smallest absolute Gasteiger partial charge is 0.306 e. The normalized spacial score (nSPS) is 13.4. The Kier molecular flexibility index (Phi) is 59.0. The van der Waals surface area contributed by atoms with Gasteiger partial charge in [-0.15, -0.1) is 0 Å². The standard InChI is InChI=1S/C69H110O5/c1-3-5-7-9-11-13-15-17-19-21-23-25-27-29-31-33-34-36-38-40-42-44-46-48-50-52-54-56-58-60-62-64-69(72)74-67(65-70)66-73-68(71)63-61-59-57-55-53-51-49-47-45-43-41-39-37-35-32-30-28-26-24-22-20-18-16-14-12-10-8-6-4-2/h5-8,11-14,17-20,23-26,29,31,34,36,40,42,46,48,52,54,67,70H,3-4,9-10,15-16,21-22,27-28,30,32-33,35,37-39,41,43-45,47,49-51,53,55-66H2,1-2H3/b7-5-,8-6-,13-11-,14-12-,19-17-,20-18-,25-23-,26-24-,31-29-,36-34-,42-40-,48-46-,54-52-. The van der Waals surface area contributed by atoms with Gasteiger partial charge >= 0.3 is 11.9 Å². The summed E-state index contributed by atoms with van der Waals surface area (Å²) >= 11 is 0. The second kappa shape index (κ2) is 62.8. The third-order valence-corrected chi connectivity index (χ3v) is 12.3. The van der Waals surface area contributed by atoms with Crippen molar-refractivity contribution in [2.45, 2.75) is 251 Å². The summed E-state index contributed by atoms with van der Waals surface area (Å²) in [7, 11) is 0. The van der Waals surface area contributed by atoms with E-state index in [0.717, 1.165) is 128 Å². The Balaban J connectivity index is 3.61. The molecular formula is C69H110O5. The van der Waals surface area contributed by atoms with Crippen molar-refractivity contribution in [3.8, 4) is 0 Å². The Hall–Kier alpha value is -4.48. The van der Waals surface area contributed by atoms with Crippen LogP contribution in [0.15, 0.2) is 158 Å². The molecule has 5 nitrogen and oxygen atoms in total. The zero-order valence-corrected chi connectivity index (χ0v) is 47.5. The van der Waals surface area contributed by atoms with Gasteiger partial charge < -0.3 is 14.6 Å². The van der Waals surface area contributed by atoms with Gasteiger partial charge in [0, 0.05) is 12.8 Å². The zero-order valence-electron chi connectivity index (χ0n) is 47.5. The maximum atomic E-state index is 12.3. The molecule has 0 amide bonds. The van der Waals surface area contributed by atoms with Gasteiger partial charge in [-0.2, -0.15) is 0 Å². The lowest BCUT2D eigenvalue weighted by atomic mass is 10.0. The van der Waals surface area contributed by atoms with Gasteiger partial charge in [-0.05, 0) is 122 Å². The second-order valence-electron chi connectivity index (χ2n) is 19.3. The number of esters is 2. The molecule has 0 rings (SSSR count). The number of allylic oxidation sites excluding steroid dienone is 26. The van der Waals surface area contributed by atoms with Gasteiger partial charge in [0.2, 0.25) is 0 Å². The summed E-state index contributed by atoms with van der Waals surface area (Å²) in [6.45, 7) is 3.89. The third kappa shape index (κ3) is 60.1. The summed E-state index contributed by atoms with van der Waals surface area (Å²) < 4.78 is 10.7. The van der Waals surface area contributed by atoms with Gasteiger partial charge in [-0.3, -0.25) is 9.59 Å². The molecule has 416 valence electrons. The summed E-state index contributed by atoms with van der Waals surface area (Å²) in [6, 6.07) is 0. The zero-order chi connectivity index (χ0) is 53.4. The summed E-state index contributed by atoms with van der Waals surface area (Å²) in [4.78, 5) is 24.6. The molecule has 0 spiro atoms. The molecule has 0 aliphatic carbocycles. The fourth-order valence-electron chi connectivity index (χ4n) is 7.89. The monoisotopic (exact) mass is 1020 g/mol. The molecule has 74 heavy (non-hydrogen) atoms. The Morgan fingerprint density at radius 1 is 0.311 bits per heavy atom. The number of unbranched alkanes of at least 4 members (excludes halogenated alkanes) is 19. The van der Waals surface area contributed by atoms with Gasteiger partial charge in [-0.25, -0.2) is 0 Å². The SMILES string of the molecule is CC/C=C\C/C=C\C/C=C\C/C=C\C/C=C\C/C=C\C/C=C\C/C=C\C/C=C\CCCCCC(=O)OC(CO)COC(=O)CCCCCCCCCCCCCCCCCC/C=C\C/C=C\C/C=C\C/C=C\CC. The maximum absolute atomic E-state index is 12.3. The molecular weight excluding hydrogens is 909 g/mol. The molecule has 0 aromatic rings. The minimum atomic E-state index is -0.803. The van der Waals surface area contributed by atoms with E-state index in [4.69, 9.17) is 9.47 Å². The van der Waals surface area contributed by atoms with Crippen LogP contribution in [0.5, 0.6) is 0 Å². The van der Waals surface area contributed by atoms with Crippen LogP contribution >= 0.6 is 0 Å². The largest absolute Gasteiger partial charge is 0.462 e. The van der Waals surface area contributed by atoms with Crippen LogP contribution in [-0.2, 0) is 19.1 Å². The molecule has 0 heterocycles. The lowest BCUT2D eigenvalue weighted by molar-refractivity contribution is -0.161. The highest BCUT2D eigenvalue weighted by atomic mass is 16.6. The summed E-state index contributed by atoms with van der Waals surface area (Å²) in [6.07, 6.45) is 96.5. The van der Waals surface area contributed by atoms with Gasteiger partial charge in [0.05, 0.1) is 6.61 Å². The van der Waals surface area contributed by atoms with Crippen LogP contribution in [0.1, 0.15) is 245 Å². The van der Waals surface area contributed by atoms with Crippen LogP contribution in [0.25, 0.3) is 0 Å². The van der Waals surface area contributed by atoms with Crippen LogP contribution in [0.3, 0.4) is 0 Å². The van der Waals surface area contributed by atoms with E-state index in [2.05, 4.69) is 172 Å². The number of hydrogen-bond donors (Lipinski definition) is 1. The van der Waals surface area contributed by atoms with Crippen molar-refractivity contribution in [2.75, 3.05) is 13.2 Å². The third-order valence-electron chi connectivity index (χ3n) is 12.3. The number of ether oxygens (including phenoxy) is 2. The van der Waals surface area contributed by atoms with Crippen molar-refractivity contribution in [3.63, 3.8) is 0 Å². The molecule has 1 unspecified atom stereocenters. The number of hydrogen-bond acceptors (Lipinski definition) is 5. The first kappa shape index (κ1) is 69.5. The maximum Gasteiger partial charge on any atom is 0.306 e. The van der Waals surface area contributed by atoms with Crippen LogP contribution in [0, 0.1) is 0 Å². The summed E-state index contributed by atoms with van der Waals surface area (Å²) in [5, 5.41) is 9.67. The van der Waals surface area contributed by atoms with Crippen LogP contribution in [0.2, 0.25) is 0 Å². The van der Waals surface area contributed by atoms with Crippen molar-refractivity contribution in [3.05, 3.63) is 158 Å².